The molecule has 1 N–H and O–H groups in total. The Hall–Kier alpha value is -3.39. The van der Waals surface area contributed by atoms with Crippen LogP contribution in [-0.4, -0.2) is 40.4 Å². The fourth-order valence-corrected chi connectivity index (χ4v) is 2.44. The molecule has 0 aliphatic rings. The molecular weight excluding hydrogens is 372 g/mol. The Kier molecular flexibility index (Phi) is 5.68. The van der Waals surface area contributed by atoms with E-state index in [-0.39, 0.29) is 0 Å². The van der Waals surface area contributed by atoms with Crippen LogP contribution in [0.1, 0.15) is 10.4 Å². The number of aromatic nitrogens is 3. The maximum atomic E-state index is 12.2. The molecule has 1 amide bonds. The Labute approximate surface area is 159 Å². The first kappa shape index (κ1) is 18.4. The lowest BCUT2D eigenvalue weighted by Crippen LogP contribution is -2.21. The summed E-state index contributed by atoms with van der Waals surface area (Å²) in [4.78, 5) is 28.1. The first-order chi connectivity index (χ1) is 13.1. The number of benzene rings is 2. The molecule has 0 unspecified atom stereocenters. The molecule has 1 heterocycles. The number of nitrogens with zero attached hydrogens (tertiary/aromatic N) is 3. The summed E-state index contributed by atoms with van der Waals surface area (Å²) in [5.41, 5.74) is 1.31. The van der Waals surface area contributed by atoms with E-state index in [1.807, 2.05) is 0 Å². The van der Waals surface area contributed by atoms with Gasteiger partial charge in [0, 0.05) is 5.02 Å². The van der Waals surface area contributed by atoms with Crippen molar-refractivity contribution < 1.29 is 19.1 Å². The molecule has 3 rings (SSSR count). The minimum atomic E-state index is -0.615. The molecule has 27 heavy (non-hydrogen) atoms. The summed E-state index contributed by atoms with van der Waals surface area (Å²) in [6.45, 7) is -0.450. The van der Waals surface area contributed by atoms with Crippen LogP contribution in [0, 0.1) is 0 Å². The standard InChI is InChI=1S/C18H15ClN4O4/c1-26-14-5-2-12(3-6-14)18(25)27-9-17(24)22-15-8-13(19)4-7-16(15)23-11-20-10-21-23/h2-8,10-11H,9H2,1H3,(H,22,24). The van der Waals surface area contributed by atoms with Gasteiger partial charge in [-0.2, -0.15) is 5.10 Å². The van der Waals surface area contributed by atoms with E-state index >= 15 is 0 Å². The zero-order valence-electron chi connectivity index (χ0n) is 14.3. The fraction of sp³-hybridized carbons (Fsp3) is 0.111. The van der Waals surface area contributed by atoms with E-state index in [1.165, 1.54) is 24.4 Å². The second-order valence-electron chi connectivity index (χ2n) is 5.35. The van der Waals surface area contributed by atoms with Crippen LogP contribution in [-0.2, 0) is 9.53 Å². The van der Waals surface area contributed by atoms with Crippen LogP contribution in [0.4, 0.5) is 5.69 Å². The largest absolute Gasteiger partial charge is 0.497 e. The molecule has 0 saturated carbocycles. The van der Waals surface area contributed by atoms with Crippen LogP contribution in [0.15, 0.2) is 55.1 Å². The van der Waals surface area contributed by atoms with E-state index in [2.05, 4.69) is 15.4 Å². The second kappa shape index (κ2) is 8.33. The van der Waals surface area contributed by atoms with Crippen molar-refractivity contribution in [3.63, 3.8) is 0 Å². The molecule has 0 fully saturated rings. The normalized spacial score (nSPS) is 10.3. The van der Waals surface area contributed by atoms with Gasteiger partial charge in [-0.3, -0.25) is 4.79 Å². The van der Waals surface area contributed by atoms with Gasteiger partial charge in [-0.05, 0) is 42.5 Å². The molecule has 0 spiro atoms. The maximum absolute atomic E-state index is 12.2. The highest BCUT2D eigenvalue weighted by Crippen LogP contribution is 2.24. The van der Waals surface area contributed by atoms with Gasteiger partial charge < -0.3 is 14.8 Å². The zero-order valence-corrected chi connectivity index (χ0v) is 15.0. The van der Waals surface area contributed by atoms with Crippen LogP contribution in [0.3, 0.4) is 0 Å². The smallest absolute Gasteiger partial charge is 0.338 e. The van der Waals surface area contributed by atoms with Gasteiger partial charge in [0.15, 0.2) is 6.61 Å². The van der Waals surface area contributed by atoms with Gasteiger partial charge in [-0.1, -0.05) is 11.6 Å². The summed E-state index contributed by atoms with van der Waals surface area (Å²) in [7, 11) is 1.53. The molecule has 138 valence electrons. The molecule has 0 atom stereocenters. The molecule has 0 saturated heterocycles. The summed E-state index contributed by atoms with van der Waals surface area (Å²) >= 11 is 6.00. The number of rotatable bonds is 6. The van der Waals surface area contributed by atoms with Crippen molar-refractivity contribution in [2.75, 3.05) is 19.0 Å². The third kappa shape index (κ3) is 4.62. The highest BCUT2D eigenvalue weighted by molar-refractivity contribution is 6.31. The Bertz CT molecular complexity index is 943. The third-order valence-corrected chi connectivity index (χ3v) is 3.79. The van der Waals surface area contributed by atoms with Crippen molar-refractivity contribution in [3.05, 3.63) is 65.7 Å². The number of methoxy groups -OCH3 is 1. The molecular formula is C18H15ClN4O4. The number of carbonyl (C=O) groups is 2. The molecule has 0 aliphatic heterocycles. The quantitative estimate of drug-likeness (QED) is 0.654. The SMILES string of the molecule is COc1ccc(C(=O)OCC(=O)Nc2cc(Cl)ccc2-n2cncn2)cc1. The number of hydrogen-bond donors (Lipinski definition) is 1. The van der Waals surface area contributed by atoms with E-state index < -0.39 is 18.5 Å². The van der Waals surface area contributed by atoms with E-state index in [1.54, 1.807) is 42.5 Å². The average molecular weight is 387 g/mol. The van der Waals surface area contributed by atoms with Crippen molar-refractivity contribution >= 4 is 29.2 Å². The van der Waals surface area contributed by atoms with Gasteiger partial charge in [-0.15, -0.1) is 0 Å². The molecule has 9 heteroatoms. The number of amides is 1. The summed E-state index contributed by atoms with van der Waals surface area (Å²) in [6.07, 6.45) is 2.86. The summed E-state index contributed by atoms with van der Waals surface area (Å²) in [6, 6.07) is 11.3. The highest BCUT2D eigenvalue weighted by atomic mass is 35.5. The first-order valence-electron chi connectivity index (χ1n) is 7.82. The number of ether oxygens (including phenoxy) is 2. The summed E-state index contributed by atoms with van der Waals surface area (Å²) < 4.78 is 11.5. The predicted octanol–water partition coefficient (Wildman–Crippen LogP) is 2.72. The van der Waals surface area contributed by atoms with Crippen molar-refractivity contribution in [1.29, 1.82) is 0 Å². The van der Waals surface area contributed by atoms with Crippen molar-refractivity contribution in [2.45, 2.75) is 0 Å². The summed E-state index contributed by atoms with van der Waals surface area (Å²) in [5, 5.41) is 7.12. The molecule has 8 nitrogen and oxygen atoms in total. The molecule has 0 radical (unpaired) electrons. The average Bonchev–Trinajstić information content (AvgIpc) is 3.21. The number of halogens is 1. The minimum absolute atomic E-state index is 0.315. The van der Waals surface area contributed by atoms with Crippen LogP contribution >= 0.6 is 11.6 Å². The molecule has 0 aliphatic carbocycles. The van der Waals surface area contributed by atoms with E-state index in [9.17, 15) is 9.59 Å². The van der Waals surface area contributed by atoms with Gasteiger partial charge in [0.2, 0.25) is 0 Å². The zero-order chi connectivity index (χ0) is 19.2. The number of anilines is 1. The van der Waals surface area contributed by atoms with Crippen LogP contribution < -0.4 is 10.1 Å². The van der Waals surface area contributed by atoms with Crippen molar-refractivity contribution in [1.82, 2.24) is 14.8 Å². The van der Waals surface area contributed by atoms with Gasteiger partial charge in [-0.25, -0.2) is 14.5 Å². The Morgan fingerprint density at radius 1 is 1.19 bits per heavy atom. The summed E-state index contributed by atoms with van der Waals surface area (Å²) in [5.74, 6) is -0.512. The monoisotopic (exact) mass is 386 g/mol. The van der Waals surface area contributed by atoms with Gasteiger partial charge in [0.05, 0.1) is 24.0 Å². The lowest BCUT2D eigenvalue weighted by atomic mass is 10.2. The van der Waals surface area contributed by atoms with E-state index in [0.717, 1.165) is 0 Å². The van der Waals surface area contributed by atoms with Crippen molar-refractivity contribution in [3.8, 4) is 11.4 Å². The van der Waals surface area contributed by atoms with Gasteiger partial charge in [0.1, 0.15) is 18.4 Å². The number of esters is 1. The molecule has 2 aromatic carbocycles. The number of hydrogen-bond acceptors (Lipinski definition) is 6. The topological polar surface area (TPSA) is 95.3 Å². The Morgan fingerprint density at radius 2 is 1.96 bits per heavy atom. The van der Waals surface area contributed by atoms with Gasteiger partial charge in [0.25, 0.3) is 5.91 Å². The Balaban J connectivity index is 1.64. The maximum Gasteiger partial charge on any atom is 0.338 e. The number of carbonyl (C=O) groups excluding carboxylic acids is 2. The lowest BCUT2D eigenvalue weighted by Gasteiger charge is -2.11. The molecule has 3 aromatic rings. The van der Waals surface area contributed by atoms with Crippen molar-refractivity contribution in [2.24, 2.45) is 0 Å². The Morgan fingerprint density at radius 3 is 2.63 bits per heavy atom. The third-order valence-electron chi connectivity index (χ3n) is 3.56. The van der Waals surface area contributed by atoms with E-state index in [0.29, 0.717) is 27.7 Å². The highest BCUT2D eigenvalue weighted by Gasteiger charge is 2.13. The molecule has 0 bridgehead atoms. The van der Waals surface area contributed by atoms with Crippen LogP contribution in [0.25, 0.3) is 5.69 Å². The lowest BCUT2D eigenvalue weighted by molar-refractivity contribution is -0.119. The second-order valence-corrected chi connectivity index (χ2v) is 5.79. The molecule has 1 aromatic heterocycles. The van der Waals surface area contributed by atoms with Crippen LogP contribution in [0.5, 0.6) is 5.75 Å². The minimum Gasteiger partial charge on any atom is -0.497 e. The first-order valence-corrected chi connectivity index (χ1v) is 8.20. The van der Waals surface area contributed by atoms with Gasteiger partial charge >= 0.3 is 5.97 Å². The predicted molar refractivity (Wildman–Crippen MR) is 98.3 cm³/mol. The number of nitrogens with one attached hydrogen (secondary N) is 1. The van der Waals surface area contributed by atoms with Crippen LogP contribution in [0.2, 0.25) is 5.02 Å². The fourth-order valence-electron chi connectivity index (χ4n) is 2.27. The van der Waals surface area contributed by atoms with E-state index in [4.69, 9.17) is 21.1 Å².